The Kier molecular flexibility index (Phi) is 17.0. The highest BCUT2D eigenvalue weighted by Gasteiger charge is 2.46. The zero-order valence-corrected chi connectivity index (χ0v) is 24.8. The van der Waals surface area contributed by atoms with Crippen LogP contribution in [0, 0.1) is 0 Å². The van der Waals surface area contributed by atoms with E-state index in [1.807, 2.05) is 0 Å². The highest BCUT2D eigenvalue weighted by atomic mass is 31.3. The van der Waals surface area contributed by atoms with Gasteiger partial charge in [0.05, 0.1) is 0 Å². The molecule has 8 N–H and O–H groups in total. The highest BCUT2D eigenvalue weighted by molar-refractivity contribution is 7.81. The van der Waals surface area contributed by atoms with Crippen molar-refractivity contribution < 1.29 is 0 Å². The lowest BCUT2D eigenvalue weighted by Crippen LogP contribution is -2.52. The number of hydrogen-bond donors (Lipinski definition) is 8. The largest absolute Gasteiger partial charge is 0.269 e. The number of rotatable bonds is 16. The van der Waals surface area contributed by atoms with Crippen molar-refractivity contribution >= 4 is 32.6 Å². The summed E-state index contributed by atoms with van der Waals surface area (Å²) in [5.74, 6) is 0. The van der Waals surface area contributed by atoms with Gasteiger partial charge in [0.1, 0.15) is 0 Å². The van der Waals surface area contributed by atoms with E-state index in [1.165, 1.54) is 0 Å². The summed E-state index contributed by atoms with van der Waals surface area (Å²) in [6, 6.07) is 0. The molecule has 0 aliphatic carbocycles. The van der Waals surface area contributed by atoms with Crippen LogP contribution in [0.25, 0.3) is 0 Å². The van der Waals surface area contributed by atoms with Gasteiger partial charge in [0.2, 0.25) is 0 Å². The van der Waals surface area contributed by atoms with Gasteiger partial charge in [-0.25, -0.2) is 20.8 Å². The van der Waals surface area contributed by atoms with Crippen LogP contribution in [0.15, 0.2) is 4.52 Å². The van der Waals surface area contributed by atoms with Crippen molar-refractivity contribution in [3.8, 4) is 0 Å². The third-order valence-electron chi connectivity index (χ3n) is 3.94. The molecule has 1 aliphatic rings. The molecular weight excluding hydrogens is 484 g/mol. The van der Waals surface area contributed by atoms with Crippen LogP contribution in [0.4, 0.5) is 0 Å². The number of hydrazine groups is 3. The Morgan fingerprint density at radius 3 is 1.53 bits per heavy atom. The van der Waals surface area contributed by atoms with Gasteiger partial charge in [-0.15, -0.1) is 13.6 Å². The van der Waals surface area contributed by atoms with Gasteiger partial charge in [0, 0.05) is 19.6 Å². The zero-order valence-electron chi connectivity index (χ0n) is 21.2. The van der Waals surface area contributed by atoms with Gasteiger partial charge in [-0.2, -0.15) is 0 Å². The Hall–Kier alpha value is 1.08. The van der Waals surface area contributed by atoms with Crippen LogP contribution in [-0.4, -0.2) is 66.0 Å². The Bertz CT molecular complexity index is 535. The van der Waals surface area contributed by atoms with E-state index in [2.05, 4.69) is 111 Å². The van der Waals surface area contributed by atoms with E-state index in [9.17, 15) is 0 Å². The second-order valence-corrected chi connectivity index (χ2v) is 15.1. The summed E-state index contributed by atoms with van der Waals surface area (Å²) < 4.78 is 12.7. The summed E-state index contributed by atoms with van der Waals surface area (Å²) in [4.78, 5) is 0. The maximum atomic E-state index is 5.56. The van der Waals surface area contributed by atoms with Crippen LogP contribution in [-0.2, 0) is 0 Å². The molecule has 1 heterocycles. The van der Waals surface area contributed by atoms with Crippen molar-refractivity contribution in [3.63, 3.8) is 0 Å². The SMILES string of the molecule is CCNN1P(NCC)N=P(NCC)(NCC)N(NCC)P(NCC)N(NCC)P1NCC. The van der Waals surface area contributed by atoms with E-state index in [1.54, 1.807) is 0 Å². The Balaban J connectivity index is 3.88. The van der Waals surface area contributed by atoms with Gasteiger partial charge >= 0.3 is 0 Å². The Morgan fingerprint density at radius 2 is 1.06 bits per heavy atom. The summed E-state index contributed by atoms with van der Waals surface area (Å²) in [6.07, 6.45) is 0. The minimum Gasteiger partial charge on any atom is -0.269 e. The molecule has 32 heavy (non-hydrogen) atoms. The predicted octanol–water partition coefficient (Wildman–Crippen LogP) is 3.15. The smallest absolute Gasteiger partial charge is 0.189 e. The predicted molar refractivity (Wildman–Crippen MR) is 145 cm³/mol. The summed E-state index contributed by atoms with van der Waals surface area (Å²) in [6.45, 7) is 23.9. The lowest BCUT2D eigenvalue weighted by atomic mass is 10.8. The van der Waals surface area contributed by atoms with Crippen molar-refractivity contribution in [1.29, 1.82) is 0 Å². The first-order valence-corrected chi connectivity index (χ1v) is 17.3. The molecule has 0 radical (unpaired) electrons. The number of nitrogens with zero attached hydrogens (tertiary/aromatic N) is 4. The van der Waals surface area contributed by atoms with Crippen molar-refractivity contribution in [2.75, 3.05) is 52.4 Å². The fraction of sp³-hybridized carbons (Fsp3) is 1.00. The van der Waals surface area contributed by atoms with E-state index in [0.29, 0.717) is 0 Å². The minimum absolute atomic E-state index is 0.813. The molecule has 16 heteroatoms. The van der Waals surface area contributed by atoms with Gasteiger partial charge in [-0.05, 0) is 32.7 Å². The third-order valence-corrected chi connectivity index (χ3v) is 15.5. The third kappa shape index (κ3) is 8.34. The van der Waals surface area contributed by atoms with E-state index >= 15 is 0 Å². The molecule has 0 spiro atoms. The number of hydrogen-bond acceptors (Lipinski definition) is 12. The molecule has 0 aromatic carbocycles. The summed E-state index contributed by atoms with van der Waals surface area (Å²) >= 11 is 0. The monoisotopic (exact) mass is 532 g/mol. The maximum absolute atomic E-state index is 5.56. The molecule has 0 aromatic rings. The van der Waals surface area contributed by atoms with Crippen LogP contribution in [0.3, 0.4) is 0 Å². The standard InChI is InChI=1S/C16H48N12P4/c1-9-17-26-29(20-12-4)25-32(23-15-7,24-16-8)28(19-11-3)31(22-14-6)27(18-10-2)30(26)21-13-5/h17-24H,9-16H2,1-8H3. The van der Waals surface area contributed by atoms with Crippen molar-refractivity contribution in [3.05, 3.63) is 0 Å². The number of nitrogens with one attached hydrogen (secondary N) is 8. The van der Waals surface area contributed by atoms with Gasteiger partial charge < -0.3 is 0 Å². The van der Waals surface area contributed by atoms with Crippen LogP contribution < -0.4 is 41.7 Å². The molecule has 3 atom stereocenters. The van der Waals surface area contributed by atoms with Gasteiger partial charge in [0.25, 0.3) is 0 Å². The van der Waals surface area contributed by atoms with E-state index in [-0.39, 0.29) is 0 Å². The minimum atomic E-state index is -2.33. The first kappa shape index (κ1) is 31.1. The van der Waals surface area contributed by atoms with Crippen LogP contribution in [0.1, 0.15) is 55.4 Å². The molecule has 1 aliphatic heterocycles. The molecule has 192 valence electrons. The highest BCUT2D eigenvalue weighted by Crippen LogP contribution is 2.70. The fourth-order valence-electron chi connectivity index (χ4n) is 2.99. The Morgan fingerprint density at radius 1 is 0.562 bits per heavy atom. The lowest BCUT2D eigenvalue weighted by molar-refractivity contribution is 0.407. The second kappa shape index (κ2) is 17.5. The average molecular weight is 533 g/mol. The van der Waals surface area contributed by atoms with Crippen molar-refractivity contribution in [1.82, 2.24) is 55.4 Å². The molecule has 12 nitrogen and oxygen atoms in total. The fourth-order valence-corrected chi connectivity index (χ4v) is 15.7. The molecule has 0 saturated heterocycles. The van der Waals surface area contributed by atoms with Crippen molar-refractivity contribution in [2.45, 2.75) is 55.4 Å². The summed E-state index contributed by atoms with van der Waals surface area (Å²) in [7, 11) is -5.30. The normalized spacial score (nSPS) is 25.4. The van der Waals surface area contributed by atoms with Gasteiger partial charge in [-0.1, -0.05) is 55.4 Å². The lowest BCUT2D eigenvalue weighted by Gasteiger charge is -2.51. The molecule has 0 fully saturated rings. The van der Waals surface area contributed by atoms with Crippen LogP contribution in [0.2, 0.25) is 0 Å². The van der Waals surface area contributed by atoms with E-state index in [0.717, 1.165) is 52.4 Å². The van der Waals surface area contributed by atoms with Crippen molar-refractivity contribution in [2.24, 2.45) is 4.52 Å². The quantitative estimate of drug-likeness (QED) is 0.140. The molecule has 0 saturated carbocycles. The van der Waals surface area contributed by atoms with Gasteiger partial charge in [0.15, 0.2) is 32.6 Å². The molecule has 0 aromatic heterocycles. The first-order valence-electron chi connectivity index (χ1n) is 11.9. The van der Waals surface area contributed by atoms with Gasteiger partial charge in [-0.3, -0.25) is 25.4 Å². The zero-order chi connectivity index (χ0) is 24.0. The van der Waals surface area contributed by atoms with Crippen LogP contribution >= 0.6 is 32.6 Å². The Labute approximate surface area is 200 Å². The van der Waals surface area contributed by atoms with Crippen LogP contribution in [0.5, 0.6) is 0 Å². The summed E-state index contributed by atoms with van der Waals surface area (Å²) in [5, 5.41) is 18.8. The molecule has 3 unspecified atom stereocenters. The first-order chi connectivity index (χ1) is 15.5. The maximum Gasteiger partial charge on any atom is 0.189 e. The average Bonchev–Trinajstić information content (AvgIpc) is 2.77. The summed E-state index contributed by atoms with van der Waals surface area (Å²) in [5.41, 5.74) is 11.0. The molecule has 1 rings (SSSR count). The molecule has 0 amide bonds. The molecule has 0 bridgehead atoms. The molecular formula is C16H48N12P4. The second-order valence-electron chi connectivity index (χ2n) is 6.52. The van der Waals surface area contributed by atoms with E-state index in [4.69, 9.17) is 4.52 Å². The van der Waals surface area contributed by atoms with E-state index < -0.39 is 32.6 Å². The topological polar surface area (TPSA) is 118 Å².